The molecule has 5 heteroatoms. The monoisotopic (exact) mass is 600 g/mol. The fourth-order valence-electron chi connectivity index (χ4n) is 7.72. The molecule has 2 aliphatic heterocycles. The van der Waals surface area contributed by atoms with Crippen molar-refractivity contribution in [2.45, 2.75) is 66.2 Å². The van der Waals surface area contributed by atoms with Crippen molar-refractivity contribution in [2.75, 3.05) is 70.3 Å². The minimum absolute atomic E-state index is 0.360. The lowest BCUT2D eigenvalue weighted by atomic mass is 9.72. The molecule has 0 unspecified atom stereocenters. The van der Waals surface area contributed by atoms with Crippen LogP contribution in [0.15, 0.2) is 59.7 Å². The standard InChI is InChI=1S/C38H53ClN4/c1-37(2)16-14-32(35(25-37)29-5-9-33(39)10-6-29)28-42-21-23-43(24-22-42)34-11-7-30(8-12-34)36-26-38(3,4)15-13-31(36)27-41-19-17-40-18-20-41/h5-12,40H,13-28H2,1-4H3. The van der Waals surface area contributed by atoms with Crippen molar-refractivity contribution in [2.24, 2.45) is 10.8 Å². The van der Waals surface area contributed by atoms with E-state index in [-0.39, 0.29) is 0 Å². The Hall–Kier alpha value is -2.11. The first-order valence-electron chi connectivity index (χ1n) is 16.8. The van der Waals surface area contributed by atoms with Crippen molar-refractivity contribution < 1.29 is 0 Å². The fraction of sp³-hybridized carbons (Fsp3) is 0.579. The molecule has 2 fully saturated rings. The lowest BCUT2D eigenvalue weighted by Gasteiger charge is -2.39. The molecule has 2 aromatic rings. The van der Waals surface area contributed by atoms with E-state index in [1.165, 1.54) is 62.0 Å². The normalized spacial score (nSPS) is 23.6. The van der Waals surface area contributed by atoms with Crippen LogP contribution in [0.3, 0.4) is 0 Å². The van der Waals surface area contributed by atoms with Crippen molar-refractivity contribution in [3.63, 3.8) is 0 Å². The van der Waals surface area contributed by atoms with E-state index in [0.29, 0.717) is 10.8 Å². The lowest BCUT2D eigenvalue weighted by molar-refractivity contribution is 0.249. The quantitative estimate of drug-likeness (QED) is 0.348. The van der Waals surface area contributed by atoms with E-state index in [9.17, 15) is 0 Å². The van der Waals surface area contributed by atoms with Crippen LogP contribution in [-0.2, 0) is 0 Å². The van der Waals surface area contributed by atoms with Crippen LogP contribution in [0.25, 0.3) is 11.1 Å². The molecule has 0 radical (unpaired) electrons. The van der Waals surface area contributed by atoms with Gasteiger partial charge in [0.1, 0.15) is 0 Å². The first-order chi connectivity index (χ1) is 20.6. The van der Waals surface area contributed by atoms with Gasteiger partial charge in [-0.1, -0.05) is 74.7 Å². The number of benzene rings is 2. The van der Waals surface area contributed by atoms with Crippen LogP contribution in [0, 0.1) is 10.8 Å². The highest BCUT2D eigenvalue weighted by molar-refractivity contribution is 6.30. The minimum atomic E-state index is 0.360. The Morgan fingerprint density at radius 1 is 0.628 bits per heavy atom. The molecule has 0 spiro atoms. The van der Waals surface area contributed by atoms with Gasteiger partial charge >= 0.3 is 0 Å². The van der Waals surface area contributed by atoms with Gasteiger partial charge in [0, 0.05) is 76.2 Å². The summed E-state index contributed by atoms with van der Waals surface area (Å²) in [5.74, 6) is 0. The summed E-state index contributed by atoms with van der Waals surface area (Å²) in [5.41, 5.74) is 11.4. The molecule has 232 valence electrons. The molecule has 0 bridgehead atoms. The Balaban J connectivity index is 1.11. The highest BCUT2D eigenvalue weighted by Crippen LogP contribution is 2.44. The van der Waals surface area contributed by atoms with Gasteiger partial charge in [0.05, 0.1) is 0 Å². The summed E-state index contributed by atoms with van der Waals surface area (Å²) in [6.07, 6.45) is 7.37. The van der Waals surface area contributed by atoms with Crippen molar-refractivity contribution in [3.05, 3.63) is 75.8 Å². The van der Waals surface area contributed by atoms with Crippen LogP contribution in [0.4, 0.5) is 5.69 Å². The molecule has 4 aliphatic rings. The number of halogens is 1. The van der Waals surface area contributed by atoms with Crippen LogP contribution in [0.1, 0.15) is 77.3 Å². The molecule has 0 aromatic heterocycles. The highest BCUT2D eigenvalue weighted by Gasteiger charge is 2.31. The van der Waals surface area contributed by atoms with Crippen molar-refractivity contribution in [3.8, 4) is 0 Å². The summed E-state index contributed by atoms with van der Waals surface area (Å²) in [6, 6.07) is 18.2. The lowest BCUT2D eigenvalue weighted by Crippen LogP contribution is -2.47. The molecular weight excluding hydrogens is 548 g/mol. The van der Waals surface area contributed by atoms with E-state index in [0.717, 1.165) is 63.8 Å². The summed E-state index contributed by atoms with van der Waals surface area (Å²) < 4.78 is 0. The van der Waals surface area contributed by atoms with Crippen LogP contribution < -0.4 is 10.2 Å². The van der Waals surface area contributed by atoms with E-state index in [4.69, 9.17) is 11.6 Å². The fourth-order valence-corrected chi connectivity index (χ4v) is 7.85. The maximum atomic E-state index is 6.23. The number of nitrogens with one attached hydrogen (secondary N) is 1. The zero-order valence-electron chi connectivity index (χ0n) is 27.2. The molecule has 0 saturated carbocycles. The summed E-state index contributed by atoms with van der Waals surface area (Å²) in [7, 11) is 0. The number of nitrogens with zero attached hydrogens (tertiary/aromatic N) is 3. The van der Waals surface area contributed by atoms with Crippen LogP contribution >= 0.6 is 11.6 Å². The maximum Gasteiger partial charge on any atom is 0.0406 e. The number of piperazine rings is 2. The summed E-state index contributed by atoms with van der Waals surface area (Å²) in [4.78, 5) is 7.94. The first-order valence-corrected chi connectivity index (χ1v) is 17.2. The van der Waals surface area contributed by atoms with Crippen molar-refractivity contribution in [1.82, 2.24) is 15.1 Å². The molecule has 0 amide bonds. The Morgan fingerprint density at radius 2 is 1.09 bits per heavy atom. The highest BCUT2D eigenvalue weighted by atomic mass is 35.5. The molecule has 1 N–H and O–H groups in total. The van der Waals surface area contributed by atoms with E-state index >= 15 is 0 Å². The summed E-state index contributed by atoms with van der Waals surface area (Å²) in [5, 5.41) is 4.33. The van der Waals surface area contributed by atoms with Crippen molar-refractivity contribution in [1.29, 1.82) is 0 Å². The minimum Gasteiger partial charge on any atom is -0.369 e. The van der Waals surface area contributed by atoms with Crippen molar-refractivity contribution >= 4 is 28.4 Å². The third kappa shape index (κ3) is 7.76. The molecular formula is C38H53ClN4. The zero-order chi connectivity index (χ0) is 30.0. The van der Waals surface area contributed by atoms with Gasteiger partial charge in [-0.25, -0.2) is 0 Å². The number of allylic oxidation sites excluding steroid dienone is 2. The molecule has 2 aromatic carbocycles. The Morgan fingerprint density at radius 3 is 1.60 bits per heavy atom. The molecule has 2 aliphatic carbocycles. The topological polar surface area (TPSA) is 21.8 Å². The van der Waals surface area contributed by atoms with Gasteiger partial charge in [0.15, 0.2) is 0 Å². The Labute approximate surface area is 266 Å². The summed E-state index contributed by atoms with van der Waals surface area (Å²) in [6.45, 7) is 21.0. The van der Waals surface area contributed by atoms with Crippen LogP contribution in [0.5, 0.6) is 0 Å². The van der Waals surface area contributed by atoms with Gasteiger partial charge in [-0.2, -0.15) is 0 Å². The van der Waals surface area contributed by atoms with E-state index < -0.39 is 0 Å². The third-order valence-corrected chi connectivity index (χ3v) is 10.8. The van der Waals surface area contributed by atoms with Gasteiger partial charge in [-0.3, -0.25) is 9.80 Å². The van der Waals surface area contributed by atoms with E-state index in [2.05, 4.69) is 84.1 Å². The van der Waals surface area contributed by atoms with Crippen LogP contribution in [0.2, 0.25) is 5.02 Å². The smallest absolute Gasteiger partial charge is 0.0406 e. The van der Waals surface area contributed by atoms with Crippen LogP contribution in [-0.4, -0.2) is 75.2 Å². The van der Waals surface area contributed by atoms with Gasteiger partial charge in [0.25, 0.3) is 0 Å². The molecule has 43 heavy (non-hydrogen) atoms. The largest absolute Gasteiger partial charge is 0.369 e. The van der Waals surface area contributed by atoms with Gasteiger partial charge in [0.2, 0.25) is 0 Å². The predicted molar refractivity (Wildman–Crippen MR) is 185 cm³/mol. The third-order valence-electron chi connectivity index (χ3n) is 10.6. The van der Waals surface area contributed by atoms with E-state index in [1.54, 1.807) is 22.3 Å². The number of hydrogen-bond donors (Lipinski definition) is 1. The Kier molecular flexibility index (Phi) is 9.41. The van der Waals surface area contributed by atoms with Gasteiger partial charge < -0.3 is 10.2 Å². The molecule has 6 rings (SSSR count). The Bertz CT molecular complexity index is 1310. The second-order valence-corrected chi connectivity index (χ2v) is 15.6. The zero-order valence-corrected chi connectivity index (χ0v) is 27.9. The predicted octanol–water partition coefficient (Wildman–Crippen LogP) is 7.99. The maximum absolute atomic E-state index is 6.23. The average molecular weight is 601 g/mol. The molecule has 4 nitrogen and oxygen atoms in total. The number of hydrogen-bond acceptors (Lipinski definition) is 4. The number of rotatable bonds is 7. The molecule has 0 atom stereocenters. The van der Waals surface area contributed by atoms with Gasteiger partial charge in [-0.05, 0) is 95.9 Å². The SMILES string of the molecule is CC1(C)CCC(CN2CCNCC2)=C(c2ccc(N3CCN(CC4=C(c5ccc(Cl)cc5)CC(C)(C)CC4)CC3)cc2)C1. The number of anilines is 1. The average Bonchev–Trinajstić information content (AvgIpc) is 3.00. The summed E-state index contributed by atoms with van der Waals surface area (Å²) >= 11 is 6.23. The second kappa shape index (κ2) is 13.1. The second-order valence-electron chi connectivity index (χ2n) is 15.2. The molecule has 2 heterocycles. The van der Waals surface area contributed by atoms with Gasteiger partial charge in [-0.15, -0.1) is 0 Å². The first kappa shape index (κ1) is 30.9. The van der Waals surface area contributed by atoms with E-state index in [1.807, 2.05) is 12.1 Å². The molecule has 2 saturated heterocycles.